The van der Waals surface area contributed by atoms with Crippen molar-refractivity contribution in [3.8, 4) is 0 Å². The molecule has 0 rings (SSSR count). The topological polar surface area (TPSA) is 26.3 Å². The number of rotatable bonds is 5. The van der Waals surface area contributed by atoms with Gasteiger partial charge in [0.05, 0.1) is 6.61 Å². The van der Waals surface area contributed by atoms with Crippen molar-refractivity contribution in [3.05, 3.63) is 0 Å². The van der Waals surface area contributed by atoms with Gasteiger partial charge in [-0.15, -0.1) is 0 Å². The van der Waals surface area contributed by atoms with Crippen molar-refractivity contribution in [3.63, 3.8) is 0 Å². The molecule has 0 fully saturated rings. The quantitative estimate of drug-likeness (QED) is 0.428. The molecule has 0 spiro atoms. The third-order valence-corrected chi connectivity index (χ3v) is 1.29. The molecule has 0 amide bonds. The van der Waals surface area contributed by atoms with Crippen LogP contribution in [0.2, 0.25) is 0 Å². The van der Waals surface area contributed by atoms with Gasteiger partial charge in [-0.2, -0.15) is 0 Å². The normalized spacial score (nSPS) is 8.55. The number of hydrogen-bond acceptors (Lipinski definition) is 2. The molecule has 0 radical (unpaired) electrons. The Kier molecular flexibility index (Phi) is 13.2. The SMILES string of the molecule is CCCCCC(=O)OCC.[Cd]. The van der Waals surface area contributed by atoms with Crippen molar-refractivity contribution in [2.24, 2.45) is 0 Å². The third-order valence-electron chi connectivity index (χ3n) is 1.29. The van der Waals surface area contributed by atoms with Crippen LogP contribution >= 0.6 is 0 Å². The van der Waals surface area contributed by atoms with E-state index in [1.54, 1.807) is 0 Å². The molecule has 0 aromatic rings. The number of carbonyl (C=O) groups excluding carboxylic acids is 1. The maximum atomic E-state index is 10.7. The summed E-state index contributed by atoms with van der Waals surface area (Å²) in [5.41, 5.74) is 0. The summed E-state index contributed by atoms with van der Waals surface area (Å²) in [5, 5.41) is 0. The van der Waals surface area contributed by atoms with Gasteiger partial charge in [-0.25, -0.2) is 0 Å². The van der Waals surface area contributed by atoms with Gasteiger partial charge in [0.1, 0.15) is 0 Å². The number of hydrogen-bond donors (Lipinski definition) is 0. The van der Waals surface area contributed by atoms with Crippen molar-refractivity contribution in [1.82, 2.24) is 0 Å². The van der Waals surface area contributed by atoms with Gasteiger partial charge >= 0.3 is 5.97 Å². The number of ether oxygens (including phenoxy) is 1. The van der Waals surface area contributed by atoms with Gasteiger partial charge in [0.2, 0.25) is 0 Å². The van der Waals surface area contributed by atoms with Crippen LogP contribution in [0, 0.1) is 0 Å². The molecule has 0 atom stereocenters. The van der Waals surface area contributed by atoms with Crippen LogP contribution in [0.3, 0.4) is 0 Å². The molecule has 0 aliphatic heterocycles. The van der Waals surface area contributed by atoms with Crippen LogP contribution in [-0.2, 0) is 36.8 Å². The van der Waals surface area contributed by atoms with Crippen molar-refractivity contribution in [2.75, 3.05) is 6.61 Å². The first-order valence-corrected chi connectivity index (χ1v) is 3.96. The summed E-state index contributed by atoms with van der Waals surface area (Å²) in [6.45, 7) is 4.45. The van der Waals surface area contributed by atoms with Crippen LogP contribution in [0.5, 0.6) is 0 Å². The van der Waals surface area contributed by atoms with E-state index in [1.165, 1.54) is 0 Å². The Morgan fingerprint density at radius 2 is 1.91 bits per heavy atom. The summed E-state index contributed by atoms with van der Waals surface area (Å²) in [5.74, 6) is -0.0593. The second-order valence-corrected chi connectivity index (χ2v) is 2.26. The minimum atomic E-state index is -0.0593. The van der Waals surface area contributed by atoms with Gasteiger partial charge in [0, 0.05) is 33.7 Å². The molecule has 0 aliphatic carbocycles. The summed E-state index contributed by atoms with van der Waals surface area (Å²) in [6, 6.07) is 0. The van der Waals surface area contributed by atoms with Crippen LogP contribution in [0.1, 0.15) is 39.5 Å². The average molecular weight is 257 g/mol. The maximum absolute atomic E-state index is 10.7. The van der Waals surface area contributed by atoms with Crippen LogP contribution in [0.4, 0.5) is 0 Å². The van der Waals surface area contributed by atoms with Crippen LogP contribution in [0.25, 0.3) is 0 Å². The van der Waals surface area contributed by atoms with E-state index in [0.29, 0.717) is 13.0 Å². The van der Waals surface area contributed by atoms with Crippen molar-refractivity contribution >= 4 is 5.97 Å². The zero-order valence-corrected chi connectivity index (χ0v) is 11.6. The molecule has 0 aromatic carbocycles. The van der Waals surface area contributed by atoms with Crippen molar-refractivity contribution in [2.45, 2.75) is 39.5 Å². The molecule has 62 valence electrons. The second-order valence-electron chi connectivity index (χ2n) is 2.26. The van der Waals surface area contributed by atoms with Crippen LogP contribution in [0.15, 0.2) is 0 Å². The van der Waals surface area contributed by atoms with Gasteiger partial charge < -0.3 is 4.74 Å². The third kappa shape index (κ3) is 10.4. The first-order chi connectivity index (χ1) is 4.81. The van der Waals surface area contributed by atoms with Crippen LogP contribution < -0.4 is 0 Å². The first kappa shape index (κ1) is 13.9. The summed E-state index contributed by atoms with van der Waals surface area (Å²) in [4.78, 5) is 10.7. The fourth-order valence-corrected chi connectivity index (χ4v) is 0.752. The van der Waals surface area contributed by atoms with E-state index in [-0.39, 0.29) is 33.3 Å². The largest absolute Gasteiger partial charge is 0.466 e. The molecule has 2 nitrogen and oxygen atoms in total. The van der Waals surface area contributed by atoms with Crippen LogP contribution in [-0.4, -0.2) is 12.6 Å². The Balaban J connectivity index is 0. The summed E-state index contributed by atoms with van der Waals surface area (Å²) in [7, 11) is 0. The molecule has 3 heteroatoms. The van der Waals surface area contributed by atoms with Gasteiger partial charge in [-0.3, -0.25) is 4.79 Å². The van der Waals surface area contributed by atoms with E-state index in [4.69, 9.17) is 4.74 Å². The molecular weight excluding hydrogens is 240 g/mol. The predicted molar refractivity (Wildman–Crippen MR) is 40.8 cm³/mol. The molecule has 0 saturated carbocycles. The van der Waals surface area contributed by atoms with E-state index in [0.717, 1.165) is 19.3 Å². The van der Waals surface area contributed by atoms with E-state index < -0.39 is 0 Å². The number of carbonyl (C=O) groups is 1. The van der Waals surface area contributed by atoms with Gasteiger partial charge in [-0.1, -0.05) is 19.8 Å². The molecule has 0 aromatic heterocycles. The Bertz CT molecular complexity index is 94.1. The van der Waals surface area contributed by atoms with Gasteiger partial charge in [-0.05, 0) is 13.3 Å². The van der Waals surface area contributed by atoms with E-state index in [2.05, 4.69) is 6.92 Å². The van der Waals surface area contributed by atoms with Crippen molar-refractivity contribution in [1.29, 1.82) is 0 Å². The molecule has 0 unspecified atom stereocenters. The Hall–Kier alpha value is 0.392. The van der Waals surface area contributed by atoms with E-state index >= 15 is 0 Å². The zero-order chi connectivity index (χ0) is 7.82. The van der Waals surface area contributed by atoms with E-state index in [1.807, 2.05) is 6.92 Å². The molecule has 0 heterocycles. The smallest absolute Gasteiger partial charge is 0.305 e. The van der Waals surface area contributed by atoms with Gasteiger partial charge in [0.25, 0.3) is 0 Å². The predicted octanol–water partition coefficient (Wildman–Crippen LogP) is 2.13. The Morgan fingerprint density at radius 1 is 1.27 bits per heavy atom. The fourth-order valence-electron chi connectivity index (χ4n) is 0.752. The molecular formula is C8H16CdO2. The molecule has 11 heavy (non-hydrogen) atoms. The second kappa shape index (κ2) is 10.4. The monoisotopic (exact) mass is 258 g/mol. The number of unbranched alkanes of at least 4 members (excludes halogenated alkanes) is 2. The Morgan fingerprint density at radius 3 is 2.36 bits per heavy atom. The minimum Gasteiger partial charge on any atom is -0.466 e. The average Bonchev–Trinajstić information content (AvgIpc) is 1.89. The summed E-state index contributed by atoms with van der Waals surface area (Å²) in [6.07, 6.45) is 3.83. The Labute approximate surface area is 88.9 Å². The maximum Gasteiger partial charge on any atom is 0.305 e. The summed E-state index contributed by atoms with van der Waals surface area (Å²) >= 11 is 0. The fraction of sp³-hybridized carbons (Fsp3) is 0.875. The molecule has 0 bridgehead atoms. The molecule has 0 saturated heterocycles. The first-order valence-electron chi connectivity index (χ1n) is 3.96. The van der Waals surface area contributed by atoms with Gasteiger partial charge in [0.15, 0.2) is 0 Å². The standard InChI is InChI=1S/C8H16O2.Cd/c1-3-5-6-7-8(9)10-4-2;/h3-7H2,1-2H3;. The zero-order valence-electron chi connectivity index (χ0n) is 7.56. The number of esters is 1. The van der Waals surface area contributed by atoms with Crippen molar-refractivity contribution < 1.29 is 36.8 Å². The summed E-state index contributed by atoms with van der Waals surface area (Å²) < 4.78 is 4.75. The minimum absolute atomic E-state index is 0. The molecule has 0 N–H and O–H groups in total. The van der Waals surface area contributed by atoms with E-state index in [9.17, 15) is 4.79 Å². The molecule has 0 aliphatic rings.